The van der Waals surface area contributed by atoms with Crippen molar-refractivity contribution in [1.82, 2.24) is 10.2 Å². The van der Waals surface area contributed by atoms with Crippen molar-refractivity contribution >= 4 is 22.4 Å². The summed E-state index contributed by atoms with van der Waals surface area (Å²) in [5.41, 5.74) is 1.13. The molecule has 1 heterocycles. The summed E-state index contributed by atoms with van der Waals surface area (Å²) in [6.45, 7) is 3.11. The molecule has 1 aromatic heterocycles. The third-order valence-electron chi connectivity index (χ3n) is 2.84. The van der Waals surface area contributed by atoms with Gasteiger partial charge < -0.3 is 10.0 Å². The molecule has 2 aromatic rings. The highest BCUT2D eigenvalue weighted by molar-refractivity contribution is 7.15. The number of benzene rings is 1. The van der Waals surface area contributed by atoms with E-state index in [-0.39, 0.29) is 6.42 Å². The van der Waals surface area contributed by atoms with Crippen LogP contribution in [0, 0.1) is 0 Å². The number of aliphatic carboxylic acids is 1. The molecule has 0 aliphatic rings. The topological polar surface area (TPSA) is 66.3 Å². The largest absolute Gasteiger partial charge is 0.481 e. The van der Waals surface area contributed by atoms with Gasteiger partial charge >= 0.3 is 5.97 Å². The van der Waals surface area contributed by atoms with Crippen LogP contribution in [0.3, 0.4) is 0 Å². The number of rotatable bonds is 7. The zero-order valence-corrected chi connectivity index (χ0v) is 12.1. The van der Waals surface area contributed by atoms with Crippen LogP contribution in [-0.2, 0) is 17.8 Å². The SMILES string of the molecule is CCc1nnc(N(CCC(=O)O)Cc2ccccc2)s1. The maximum absolute atomic E-state index is 10.8. The van der Waals surface area contributed by atoms with Gasteiger partial charge in [-0.2, -0.15) is 0 Å². The van der Waals surface area contributed by atoms with Crippen LogP contribution >= 0.6 is 11.3 Å². The number of hydrogen-bond donors (Lipinski definition) is 1. The van der Waals surface area contributed by atoms with E-state index in [9.17, 15) is 4.79 Å². The Morgan fingerprint density at radius 2 is 2.05 bits per heavy atom. The summed E-state index contributed by atoms with van der Waals surface area (Å²) >= 11 is 1.52. The predicted molar refractivity (Wildman–Crippen MR) is 79.0 cm³/mol. The monoisotopic (exact) mass is 291 g/mol. The van der Waals surface area contributed by atoms with Gasteiger partial charge in [0, 0.05) is 13.1 Å². The van der Waals surface area contributed by atoms with Gasteiger partial charge in [-0.05, 0) is 12.0 Å². The summed E-state index contributed by atoms with van der Waals surface area (Å²) in [6, 6.07) is 9.96. The molecule has 1 aromatic carbocycles. The van der Waals surface area contributed by atoms with Gasteiger partial charge in [-0.3, -0.25) is 4.79 Å². The van der Waals surface area contributed by atoms with E-state index in [1.807, 2.05) is 42.2 Å². The Hall–Kier alpha value is -1.95. The first-order valence-electron chi connectivity index (χ1n) is 6.52. The van der Waals surface area contributed by atoms with Crippen molar-refractivity contribution in [1.29, 1.82) is 0 Å². The van der Waals surface area contributed by atoms with E-state index in [0.29, 0.717) is 13.1 Å². The molecule has 0 aliphatic heterocycles. The highest BCUT2D eigenvalue weighted by Gasteiger charge is 2.14. The van der Waals surface area contributed by atoms with Gasteiger partial charge in [0.15, 0.2) is 0 Å². The van der Waals surface area contributed by atoms with Gasteiger partial charge in [-0.1, -0.05) is 48.6 Å². The molecule has 2 rings (SSSR count). The van der Waals surface area contributed by atoms with Crippen LogP contribution in [0.4, 0.5) is 5.13 Å². The first kappa shape index (κ1) is 14.5. The summed E-state index contributed by atoms with van der Waals surface area (Å²) in [5, 5.41) is 18.9. The van der Waals surface area contributed by atoms with Crippen LogP contribution < -0.4 is 4.90 Å². The molecular formula is C14H17N3O2S. The van der Waals surface area contributed by atoms with E-state index in [1.165, 1.54) is 11.3 Å². The third kappa shape index (κ3) is 4.03. The first-order valence-corrected chi connectivity index (χ1v) is 7.33. The Kier molecular flexibility index (Phi) is 5.06. The molecule has 0 amide bonds. The Labute approximate surface area is 121 Å². The Balaban J connectivity index is 2.13. The molecule has 5 nitrogen and oxygen atoms in total. The van der Waals surface area contributed by atoms with Gasteiger partial charge in [-0.15, -0.1) is 10.2 Å². The number of anilines is 1. The lowest BCUT2D eigenvalue weighted by Crippen LogP contribution is -2.25. The van der Waals surface area contributed by atoms with E-state index >= 15 is 0 Å². The minimum atomic E-state index is -0.803. The Morgan fingerprint density at radius 1 is 1.30 bits per heavy atom. The van der Waals surface area contributed by atoms with Crippen LogP contribution in [0.2, 0.25) is 0 Å². The molecule has 20 heavy (non-hydrogen) atoms. The quantitative estimate of drug-likeness (QED) is 0.849. The minimum Gasteiger partial charge on any atom is -0.481 e. The Morgan fingerprint density at radius 3 is 2.65 bits per heavy atom. The lowest BCUT2D eigenvalue weighted by Gasteiger charge is -2.20. The second-order valence-corrected chi connectivity index (χ2v) is 5.42. The van der Waals surface area contributed by atoms with Crippen molar-refractivity contribution in [3.8, 4) is 0 Å². The fraction of sp³-hybridized carbons (Fsp3) is 0.357. The lowest BCUT2D eigenvalue weighted by molar-refractivity contribution is -0.136. The molecule has 0 saturated carbocycles. The highest BCUT2D eigenvalue weighted by Crippen LogP contribution is 2.22. The van der Waals surface area contributed by atoms with E-state index in [2.05, 4.69) is 10.2 Å². The number of aromatic nitrogens is 2. The fourth-order valence-corrected chi connectivity index (χ4v) is 2.60. The lowest BCUT2D eigenvalue weighted by atomic mass is 10.2. The molecule has 0 radical (unpaired) electrons. The molecule has 1 N–H and O–H groups in total. The van der Waals surface area contributed by atoms with Crippen molar-refractivity contribution in [3.63, 3.8) is 0 Å². The standard InChI is InChI=1S/C14H17N3O2S/c1-2-12-15-16-14(20-12)17(9-8-13(18)19)10-11-6-4-3-5-7-11/h3-7H,2,8-10H2,1H3,(H,18,19). The average molecular weight is 291 g/mol. The minimum absolute atomic E-state index is 0.0911. The summed E-state index contributed by atoms with van der Waals surface area (Å²) in [5.74, 6) is -0.803. The molecule has 0 aliphatic carbocycles. The predicted octanol–water partition coefficient (Wildman–Crippen LogP) is 2.58. The number of hydrogen-bond acceptors (Lipinski definition) is 5. The number of nitrogens with zero attached hydrogens (tertiary/aromatic N) is 3. The molecule has 6 heteroatoms. The zero-order chi connectivity index (χ0) is 14.4. The number of aryl methyl sites for hydroxylation is 1. The van der Waals surface area contributed by atoms with Crippen LogP contribution in [0.5, 0.6) is 0 Å². The normalized spacial score (nSPS) is 10.4. The van der Waals surface area contributed by atoms with Crippen molar-refractivity contribution < 1.29 is 9.90 Å². The summed E-state index contributed by atoms with van der Waals surface area (Å²) < 4.78 is 0. The Bertz CT molecular complexity index is 557. The van der Waals surface area contributed by atoms with Crippen LogP contribution in [0.25, 0.3) is 0 Å². The smallest absolute Gasteiger partial charge is 0.305 e. The van der Waals surface area contributed by atoms with Crippen molar-refractivity contribution in [3.05, 3.63) is 40.9 Å². The van der Waals surface area contributed by atoms with E-state index < -0.39 is 5.97 Å². The van der Waals surface area contributed by atoms with Crippen molar-refractivity contribution in [2.24, 2.45) is 0 Å². The second-order valence-electron chi connectivity index (χ2n) is 4.38. The number of carboxylic acid groups (broad SMARTS) is 1. The van der Waals surface area contributed by atoms with Crippen LogP contribution in [-0.4, -0.2) is 27.8 Å². The molecule has 0 bridgehead atoms. The van der Waals surface area contributed by atoms with Gasteiger partial charge in [0.1, 0.15) is 5.01 Å². The number of carbonyl (C=O) groups is 1. The van der Waals surface area contributed by atoms with Gasteiger partial charge in [0.05, 0.1) is 6.42 Å². The molecule has 0 spiro atoms. The van der Waals surface area contributed by atoms with E-state index in [0.717, 1.165) is 22.1 Å². The van der Waals surface area contributed by atoms with E-state index in [1.54, 1.807) is 0 Å². The van der Waals surface area contributed by atoms with Gasteiger partial charge in [0.2, 0.25) is 5.13 Å². The van der Waals surface area contributed by atoms with Crippen LogP contribution in [0.1, 0.15) is 23.9 Å². The maximum atomic E-state index is 10.8. The third-order valence-corrected chi connectivity index (χ3v) is 3.97. The first-order chi connectivity index (χ1) is 9.69. The highest BCUT2D eigenvalue weighted by atomic mass is 32.1. The average Bonchev–Trinajstić information content (AvgIpc) is 2.93. The summed E-state index contributed by atoms with van der Waals surface area (Å²) in [6.07, 6.45) is 0.934. The number of carboxylic acids is 1. The van der Waals surface area contributed by atoms with Crippen molar-refractivity contribution in [2.45, 2.75) is 26.3 Å². The molecular weight excluding hydrogens is 274 g/mol. The second kappa shape index (κ2) is 7.00. The van der Waals surface area contributed by atoms with E-state index in [4.69, 9.17) is 5.11 Å². The zero-order valence-electron chi connectivity index (χ0n) is 11.3. The molecule has 0 atom stereocenters. The summed E-state index contributed by atoms with van der Waals surface area (Å²) in [7, 11) is 0. The maximum Gasteiger partial charge on any atom is 0.305 e. The molecule has 0 unspecified atom stereocenters. The molecule has 0 fully saturated rings. The van der Waals surface area contributed by atoms with Gasteiger partial charge in [0.25, 0.3) is 0 Å². The van der Waals surface area contributed by atoms with Crippen molar-refractivity contribution in [2.75, 3.05) is 11.4 Å². The fourth-order valence-electron chi connectivity index (χ4n) is 1.79. The van der Waals surface area contributed by atoms with Gasteiger partial charge in [-0.25, -0.2) is 0 Å². The summed E-state index contributed by atoms with van der Waals surface area (Å²) in [4.78, 5) is 12.8. The molecule has 0 saturated heterocycles. The van der Waals surface area contributed by atoms with Crippen LogP contribution in [0.15, 0.2) is 30.3 Å². The molecule has 106 valence electrons.